The molecule has 0 spiro atoms. The minimum absolute atomic E-state index is 0.0191. The van der Waals surface area contributed by atoms with Crippen LogP contribution in [0, 0.1) is 0 Å². The van der Waals surface area contributed by atoms with Crippen LogP contribution in [0.2, 0.25) is 0 Å². The molecule has 1 aliphatic carbocycles. The zero-order valence-corrected chi connectivity index (χ0v) is 9.82. The molecule has 0 aromatic rings. The molecule has 2 fully saturated rings. The van der Waals surface area contributed by atoms with Gasteiger partial charge in [0.25, 0.3) is 0 Å². The van der Waals surface area contributed by atoms with Gasteiger partial charge in [-0.25, -0.2) is 4.79 Å². The number of piperidine rings is 1. The highest BCUT2D eigenvalue weighted by Gasteiger charge is 2.26. The number of hydrogen-bond donors (Lipinski definition) is 2. The zero-order chi connectivity index (χ0) is 11.4. The number of carbonyl (C=O) groups is 1. The predicted molar refractivity (Wildman–Crippen MR) is 62.2 cm³/mol. The highest BCUT2D eigenvalue weighted by atomic mass is 16.3. The van der Waals surface area contributed by atoms with Crippen molar-refractivity contribution in [1.29, 1.82) is 0 Å². The van der Waals surface area contributed by atoms with Crippen molar-refractivity contribution in [2.24, 2.45) is 0 Å². The molecule has 2 rings (SSSR count). The Kier molecular flexibility index (Phi) is 4.04. The van der Waals surface area contributed by atoms with Gasteiger partial charge >= 0.3 is 6.03 Å². The van der Waals surface area contributed by atoms with Crippen LogP contribution in [0.25, 0.3) is 0 Å². The van der Waals surface area contributed by atoms with E-state index in [-0.39, 0.29) is 18.2 Å². The van der Waals surface area contributed by atoms with Crippen molar-refractivity contribution in [2.45, 2.75) is 57.1 Å². The van der Waals surface area contributed by atoms with E-state index < -0.39 is 0 Å². The molecular weight excluding hydrogens is 204 g/mol. The summed E-state index contributed by atoms with van der Waals surface area (Å²) in [4.78, 5) is 13.8. The summed E-state index contributed by atoms with van der Waals surface area (Å²) in [5.74, 6) is 0. The quantitative estimate of drug-likeness (QED) is 0.711. The number of aliphatic hydroxyl groups excluding tert-OH is 1. The van der Waals surface area contributed by atoms with Crippen molar-refractivity contribution in [3.63, 3.8) is 0 Å². The van der Waals surface area contributed by atoms with E-state index in [1.54, 1.807) is 0 Å². The van der Waals surface area contributed by atoms with E-state index in [1.807, 2.05) is 4.90 Å². The second-order valence-corrected chi connectivity index (χ2v) is 4.96. The summed E-state index contributed by atoms with van der Waals surface area (Å²) in [5, 5.41) is 12.8. The number of carbonyl (C=O) groups excluding carboxylic acids is 1. The van der Waals surface area contributed by atoms with Crippen molar-refractivity contribution < 1.29 is 9.90 Å². The molecule has 0 bridgehead atoms. The summed E-state index contributed by atoms with van der Waals surface area (Å²) in [6.45, 7) is 1.74. The van der Waals surface area contributed by atoms with Gasteiger partial charge in [-0.1, -0.05) is 12.8 Å². The Bertz CT molecular complexity index is 239. The summed E-state index contributed by atoms with van der Waals surface area (Å²) >= 11 is 0. The third-order valence-electron chi connectivity index (χ3n) is 3.68. The van der Waals surface area contributed by atoms with Crippen LogP contribution in [0.3, 0.4) is 0 Å². The van der Waals surface area contributed by atoms with Crippen LogP contribution in [-0.4, -0.2) is 41.3 Å². The van der Waals surface area contributed by atoms with E-state index in [0.717, 1.165) is 51.6 Å². The van der Waals surface area contributed by atoms with Crippen LogP contribution < -0.4 is 5.32 Å². The predicted octanol–water partition coefficient (Wildman–Crippen LogP) is 1.49. The van der Waals surface area contributed by atoms with Crippen LogP contribution >= 0.6 is 0 Å². The average Bonchev–Trinajstić information content (AvgIpc) is 2.33. The van der Waals surface area contributed by atoms with Gasteiger partial charge in [-0.3, -0.25) is 0 Å². The van der Waals surface area contributed by atoms with Gasteiger partial charge in [-0.05, 0) is 32.1 Å². The number of nitrogens with zero attached hydrogens (tertiary/aromatic N) is 1. The van der Waals surface area contributed by atoms with Crippen molar-refractivity contribution in [1.82, 2.24) is 10.2 Å². The lowest BCUT2D eigenvalue weighted by Gasteiger charge is -2.32. The van der Waals surface area contributed by atoms with Gasteiger partial charge < -0.3 is 15.3 Å². The largest absolute Gasteiger partial charge is 0.391 e. The number of aliphatic hydroxyl groups is 1. The van der Waals surface area contributed by atoms with Crippen molar-refractivity contribution in [2.75, 3.05) is 13.1 Å². The van der Waals surface area contributed by atoms with Crippen molar-refractivity contribution in [3.05, 3.63) is 0 Å². The molecule has 4 heteroatoms. The van der Waals surface area contributed by atoms with Crippen molar-refractivity contribution in [3.8, 4) is 0 Å². The fourth-order valence-corrected chi connectivity index (χ4v) is 2.63. The first-order valence-electron chi connectivity index (χ1n) is 6.51. The highest BCUT2D eigenvalue weighted by molar-refractivity contribution is 5.74. The van der Waals surface area contributed by atoms with Crippen LogP contribution in [0.5, 0.6) is 0 Å². The summed E-state index contributed by atoms with van der Waals surface area (Å²) in [7, 11) is 0. The standard InChI is InChI=1S/C12H22N2O2/c15-11-7-3-2-6-10(11)13-12(16)14-8-4-1-5-9-14/h10-11,15H,1-9H2,(H,13,16). The SMILES string of the molecule is O=C(NC1CCCCC1O)N1CCCCC1. The molecule has 0 aromatic heterocycles. The number of amides is 2. The topological polar surface area (TPSA) is 52.6 Å². The van der Waals surface area contributed by atoms with Gasteiger partial charge in [0.2, 0.25) is 0 Å². The first-order valence-corrected chi connectivity index (χ1v) is 6.51. The second kappa shape index (κ2) is 5.53. The molecule has 2 aliphatic rings. The van der Waals surface area contributed by atoms with E-state index in [9.17, 15) is 9.90 Å². The van der Waals surface area contributed by atoms with Gasteiger partial charge in [-0.2, -0.15) is 0 Å². The number of hydrogen-bond acceptors (Lipinski definition) is 2. The van der Waals surface area contributed by atoms with E-state index in [2.05, 4.69) is 5.32 Å². The van der Waals surface area contributed by atoms with Gasteiger partial charge in [0, 0.05) is 13.1 Å². The molecule has 4 nitrogen and oxygen atoms in total. The molecule has 2 amide bonds. The third kappa shape index (κ3) is 2.88. The normalized spacial score (nSPS) is 31.2. The molecule has 2 atom stereocenters. The Hall–Kier alpha value is -0.770. The summed E-state index contributed by atoms with van der Waals surface area (Å²) in [5.41, 5.74) is 0. The first kappa shape index (κ1) is 11.7. The molecular formula is C12H22N2O2. The Morgan fingerprint density at radius 3 is 2.44 bits per heavy atom. The fourth-order valence-electron chi connectivity index (χ4n) is 2.63. The zero-order valence-electron chi connectivity index (χ0n) is 9.82. The maximum atomic E-state index is 11.9. The molecule has 92 valence electrons. The number of rotatable bonds is 1. The monoisotopic (exact) mass is 226 g/mol. The van der Waals surface area contributed by atoms with Crippen LogP contribution in [0.4, 0.5) is 4.79 Å². The molecule has 1 aliphatic heterocycles. The van der Waals surface area contributed by atoms with Gasteiger partial charge in [-0.15, -0.1) is 0 Å². The minimum Gasteiger partial charge on any atom is -0.391 e. The molecule has 2 unspecified atom stereocenters. The molecule has 0 radical (unpaired) electrons. The second-order valence-electron chi connectivity index (χ2n) is 4.96. The summed E-state index contributed by atoms with van der Waals surface area (Å²) in [6.07, 6.45) is 7.05. The number of nitrogens with one attached hydrogen (secondary N) is 1. The third-order valence-corrected chi connectivity index (χ3v) is 3.68. The maximum Gasteiger partial charge on any atom is 0.317 e. The number of urea groups is 1. The average molecular weight is 226 g/mol. The van der Waals surface area contributed by atoms with E-state index in [4.69, 9.17) is 0 Å². The van der Waals surface area contributed by atoms with Crippen molar-refractivity contribution >= 4 is 6.03 Å². The molecule has 0 aromatic carbocycles. The summed E-state index contributed by atoms with van der Waals surface area (Å²) < 4.78 is 0. The van der Waals surface area contributed by atoms with Gasteiger partial charge in [0.1, 0.15) is 0 Å². The van der Waals surface area contributed by atoms with Gasteiger partial charge in [0.15, 0.2) is 0 Å². The lowest BCUT2D eigenvalue weighted by atomic mass is 9.93. The first-order chi connectivity index (χ1) is 7.77. The molecule has 16 heavy (non-hydrogen) atoms. The molecule has 2 N–H and O–H groups in total. The Morgan fingerprint density at radius 1 is 1.06 bits per heavy atom. The number of likely N-dealkylation sites (tertiary alicyclic amines) is 1. The minimum atomic E-state index is -0.345. The van der Waals surface area contributed by atoms with Crippen LogP contribution in [0.1, 0.15) is 44.9 Å². The van der Waals surface area contributed by atoms with E-state index in [1.165, 1.54) is 6.42 Å². The molecule has 1 saturated heterocycles. The van der Waals surface area contributed by atoms with E-state index in [0.29, 0.717) is 0 Å². The molecule has 1 heterocycles. The Labute approximate surface area is 97.0 Å². The smallest absolute Gasteiger partial charge is 0.317 e. The lowest BCUT2D eigenvalue weighted by Crippen LogP contribution is -2.51. The van der Waals surface area contributed by atoms with E-state index >= 15 is 0 Å². The molecule has 1 saturated carbocycles. The maximum absolute atomic E-state index is 11.9. The Balaban J connectivity index is 1.80. The highest BCUT2D eigenvalue weighted by Crippen LogP contribution is 2.19. The van der Waals surface area contributed by atoms with Crippen LogP contribution in [0.15, 0.2) is 0 Å². The van der Waals surface area contributed by atoms with Gasteiger partial charge in [0.05, 0.1) is 12.1 Å². The fraction of sp³-hybridized carbons (Fsp3) is 0.917. The summed E-state index contributed by atoms with van der Waals surface area (Å²) in [6, 6.07) is -0.00572. The van der Waals surface area contributed by atoms with Crippen LogP contribution in [-0.2, 0) is 0 Å². The lowest BCUT2D eigenvalue weighted by molar-refractivity contribution is 0.0888. The Morgan fingerprint density at radius 2 is 1.75 bits per heavy atom.